The molecule has 0 saturated heterocycles. The molecular weight excluding hydrogens is 256 g/mol. The van der Waals surface area contributed by atoms with Crippen molar-refractivity contribution in [2.24, 2.45) is 0 Å². The first-order valence-corrected chi connectivity index (χ1v) is 6.90. The van der Waals surface area contributed by atoms with Crippen LogP contribution in [0.2, 0.25) is 0 Å². The lowest BCUT2D eigenvalue weighted by atomic mass is 9.99. The third-order valence-electron chi connectivity index (χ3n) is 3.12. The summed E-state index contributed by atoms with van der Waals surface area (Å²) in [4.78, 5) is 12.9. The van der Waals surface area contributed by atoms with Gasteiger partial charge in [-0.3, -0.25) is 4.79 Å². The van der Waals surface area contributed by atoms with Crippen molar-refractivity contribution in [3.05, 3.63) is 64.4 Å². The molecular formula is C16H12O2S. The molecule has 3 rings (SSSR count). The molecule has 2 nitrogen and oxygen atoms in total. The van der Waals surface area contributed by atoms with Crippen LogP contribution in [0, 0.1) is 0 Å². The smallest absolute Gasteiger partial charge is 0.177 e. The number of rotatable bonds is 3. The molecule has 1 N–H and O–H groups in total. The van der Waals surface area contributed by atoms with E-state index in [0.29, 0.717) is 6.42 Å². The third kappa shape index (κ3) is 2.25. The van der Waals surface area contributed by atoms with E-state index in [4.69, 9.17) is 0 Å². The molecule has 94 valence electrons. The summed E-state index contributed by atoms with van der Waals surface area (Å²) in [6.07, 6.45) is 0.315. The fourth-order valence-electron chi connectivity index (χ4n) is 2.24. The summed E-state index contributed by atoms with van der Waals surface area (Å²) in [5.41, 5.74) is 0.869. The second-order valence-electron chi connectivity index (χ2n) is 4.37. The van der Waals surface area contributed by atoms with Gasteiger partial charge in [0, 0.05) is 11.8 Å². The van der Waals surface area contributed by atoms with Crippen LogP contribution < -0.4 is 0 Å². The van der Waals surface area contributed by atoms with Crippen LogP contribution in [0.4, 0.5) is 0 Å². The number of benzene rings is 2. The molecule has 0 fully saturated rings. The van der Waals surface area contributed by atoms with Gasteiger partial charge in [0.1, 0.15) is 5.75 Å². The second kappa shape index (κ2) is 4.86. The van der Waals surface area contributed by atoms with Crippen LogP contribution in [0.3, 0.4) is 0 Å². The first kappa shape index (κ1) is 11.9. The van der Waals surface area contributed by atoms with Gasteiger partial charge in [0.15, 0.2) is 5.78 Å². The molecule has 0 atom stereocenters. The van der Waals surface area contributed by atoms with Crippen molar-refractivity contribution in [2.75, 3.05) is 0 Å². The van der Waals surface area contributed by atoms with Crippen molar-refractivity contribution in [1.29, 1.82) is 0 Å². The van der Waals surface area contributed by atoms with Crippen molar-refractivity contribution in [1.82, 2.24) is 0 Å². The summed E-state index contributed by atoms with van der Waals surface area (Å²) in [6, 6.07) is 14.9. The van der Waals surface area contributed by atoms with E-state index < -0.39 is 0 Å². The molecule has 0 saturated carbocycles. The highest BCUT2D eigenvalue weighted by Crippen LogP contribution is 2.29. The van der Waals surface area contributed by atoms with Crippen LogP contribution in [0.5, 0.6) is 5.75 Å². The zero-order valence-electron chi connectivity index (χ0n) is 10.2. The maximum Gasteiger partial charge on any atom is 0.177 e. The molecule has 0 unspecified atom stereocenters. The molecule has 3 aromatic rings. The van der Waals surface area contributed by atoms with Crippen LogP contribution >= 0.6 is 11.3 Å². The first-order chi connectivity index (χ1) is 9.25. The average molecular weight is 268 g/mol. The quantitative estimate of drug-likeness (QED) is 0.728. The lowest BCUT2D eigenvalue weighted by Gasteiger charge is -2.07. The second-order valence-corrected chi connectivity index (χ2v) is 5.32. The van der Waals surface area contributed by atoms with E-state index in [1.165, 1.54) is 11.3 Å². The fourth-order valence-corrected chi connectivity index (χ4v) is 2.91. The van der Waals surface area contributed by atoms with E-state index in [0.717, 1.165) is 21.2 Å². The molecule has 0 spiro atoms. The average Bonchev–Trinajstić information content (AvgIpc) is 2.93. The molecule has 3 heteroatoms. The van der Waals surface area contributed by atoms with Gasteiger partial charge in [-0.2, -0.15) is 0 Å². The predicted molar refractivity (Wildman–Crippen MR) is 78.0 cm³/mol. The number of Topliss-reactive ketones (excluding diaryl/α,β-unsaturated/α-hetero) is 1. The minimum Gasteiger partial charge on any atom is -0.507 e. The van der Waals surface area contributed by atoms with Gasteiger partial charge < -0.3 is 5.11 Å². The Morgan fingerprint density at radius 3 is 2.58 bits per heavy atom. The van der Waals surface area contributed by atoms with E-state index >= 15 is 0 Å². The van der Waals surface area contributed by atoms with Crippen molar-refractivity contribution >= 4 is 27.9 Å². The van der Waals surface area contributed by atoms with Gasteiger partial charge in [0.2, 0.25) is 0 Å². The Morgan fingerprint density at radius 1 is 1.05 bits per heavy atom. The minimum atomic E-state index is 0.0887. The number of carbonyl (C=O) groups is 1. The van der Waals surface area contributed by atoms with Gasteiger partial charge in [-0.25, -0.2) is 0 Å². The normalized spacial score (nSPS) is 10.7. The van der Waals surface area contributed by atoms with Crippen LogP contribution in [0.15, 0.2) is 53.9 Å². The highest BCUT2D eigenvalue weighted by atomic mass is 32.1. The van der Waals surface area contributed by atoms with Crippen molar-refractivity contribution in [3.8, 4) is 5.75 Å². The Labute approximate surface area is 114 Å². The number of thiophene rings is 1. The summed E-state index contributed by atoms with van der Waals surface area (Å²) < 4.78 is 0. The fraction of sp³-hybridized carbons (Fsp3) is 0.0625. The number of fused-ring (bicyclic) bond motifs is 1. The molecule has 0 aliphatic rings. The van der Waals surface area contributed by atoms with Crippen molar-refractivity contribution in [2.45, 2.75) is 6.42 Å². The number of ketones is 1. The molecule has 2 aromatic carbocycles. The Kier molecular flexibility index (Phi) is 3.05. The lowest BCUT2D eigenvalue weighted by molar-refractivity contribution is 0.0997. The van der Waals surface area contributed by atoms with E-state index in [1.54, 1.807) is 6.07 Å². The standard InChI is InChI=1S/C16H12O2S/c17-13-7-2-5-11-4-1-6-12(16(11)13)10-14(18)15-8-3-9-19-15/h1-9,17H,10H2. The Balaban J connectivity index is 2.04. The molecule has 19 heavy (non-hydrogen) atoms. The number of carbonyl (C=O) groups excluding carboxylic acids is 1. The van der Waals surface area contributed by atoms with Crippen molar-refractivity contribution < 1.29 is 9.90 Å². The van der Waals surface area contributed by atoms with Crippen LogP contribution in [-0.2, 0) is 6.42 Å². The maximum atomic E-state index is 12.2. The molecule has 0 amide bonds. The zero-order valence-corrected chi connectivity index (χ0v) is 11.0. The van der Waals surface area contributed by atoms with Gasteiger partial charge in [-0.05, 0) is 28.5 Å². The van der Waals surface area contributed by atoms with E-state index in [-0.39, 0.29) is 11.5 Å². The Morgan fingerprint density at radius 2 is 1.84 bits per heavy atom. The lowest BCUT2D eigenvalue weighted by Crippen LogP contribution is -2.01. The zero-order chi connectivity index (χ0) is 13.2. The number of phenols is 1. The Hall–Kier alpha value is -2.13. The first-order valence-electron chi connectivity index (χ1n) is 6.02. The number of aromatic hydroxyl groups is 1. The summed E-state index contributed by atoms with van der Waals surface area (Å²) >= 11 is 1.45. The predicted octanol–water partition coefficient (Wildman–Crippen LogP) is 4.03. The molecule has 1 heterocycles. The topological polar surface area (TPSA) is 37.3 Å². The van der Waals surface area contributed by atoms with E-state index in [1.807, 2.05) is 47.8 Å². The number of phenolic OH excluding ortho intramolecular Hbond substituents is 1. The van der Waals surface area contributed by atoms with Crippen LogP contribution in [0.1, 0.15) is 15.2 Å². The Bertz CT molecular complexity index is 724. The molecule has 1 aromatic heterocycles. The molecule has 0 bridgehead atoms. The van der Waals surface area contributed by atoms with E-state index in [2.05, 4.69) is 0 Å². The van der Waals surface area contributed by atoms with Gasteiger partial charge in [-0.1, -0.05) is 36.4 Å². The van der Waals surface area contributed by atoms with E-state index in [9.17, 15) is 9.90 Å². The maximum absolute atomic E-state index is 12.2. The highest BCUT2D eigenvalue weighted by molar-refractivity contribution is 7.12. The largest absolute Gasteiger partial charge is 0.507 e. The summed E-state index contributed by atoms with van der Waals surface area (Å²) in [7, 11) is 0. The molecule has 0 aliphatic heterocycles. The summed E-state index contributed by atoms with van der Waals surface area (Å²) in [5.74, 6) is 0.317. The van der Waals surface area contributed by atoms with Gasteiger partial charge in [0.05, 0.1) is 4.88 Å². The van der Waals surface area contributed by atoms with Crippen molar-refractivity contribution in [3.63, 3.8) is 0 Å². The highest BCUT2D eigenvalue weighted by Gasteiger charge is 2.12. The van der Waals surface area contributed by atoms with Gasteiger partial charge in [-0.15, -0.1) is 11.3 Å². The van der Waals surface area contributed by atoms with Gasteiger partial charge in [0.25, 0.3) is 0 Å². The van der Waals surface area contributed by atoms with Crippen LogP contribution in [-0.4, -0.2) is 10.9 Å². The monoisotopic (exact) mass is 268 g/mol. The number of hydrogen-bond acceptors (Lipinski definition) is 3. The number of hydrogen-bond donors (Lipinski definition) is 1. The minimum absolute atomic E-state index is 0.0887. The summed E-state index contributed by atoms with van der Waals surface area (Å²) in [5, 5.41) is 13.6. The summed E-state index contributed by atoms with van der Waals surface area (Å²) in [6.45, 7) is 0. The van der Waals surface area contributed by atoms with Gasteiger partial charge >= 0.3 is 0 Å². The SMILES string of the molecule is O=C(Cc1cccc2cccc(O)c12)c1cccs1. The third-order valence-corrected chi connectivity index (χ3v) is 4.03. The molecule has 0 aliphatic carbocycles. The van der Waals surface area contributed by atoms with Crippen LogP contribution in [0.25, 0.3) is 10.8 Å². The molecule has 0 radical (unpaired) electrons.